The molecule has 0 radical (unpaired) electrons. The van der Waals surface area contributed by atoms with Gasteiger partial charge in [0.15, 0.2) is 0 Å². The Balaban J connectivity index is 1.66. The van der Waals surface area contributed by atoms with Crippen molar-refractivity contribution in [2.75, 3.05) is 18.5 Å². The van der Waals surface area contributed by atoms with Crippen molar-refractivity contribution in [1.82, 2.24) is 15.0 Å². The second-order valence-electron chi connectivity index (χ2n) is 6.10. The highest BCUT2D eigenvalue weighted by molar-refractivity contribution is 5.62. The van der Waals surface area contributed by atoms with Gasteiger partial charge in [-0.25, -0.2) is 15.0 Å². The summed E-state index contributed by atoms with van der Waals surface area (Å²) in [6.45, 7) is 1.67. The van der Waals surface area contributed by atoms with Crippen molar-refractivity contribution in [3.8, 4) is 17.1 Å². The zero-order chi connectivity index (χ0) is 18.3. The first kappa shape index (κ1) is 17.2. The Hall–Kier alpha value is -3.25. The van der Waals surface area contributed by atoms with Gasteiger partial charge in [-0.3, -0.25) is 0 Å². The lowest BCUT2D eigenvalue weighted by Gasteiger charge is -2.10. The van der Waals surface area contributed by atoms with Crippen molar-refractivity contribution < 1.29 is 9.47 Å². The predicted molar refractivity (Wildman–Crippen MR) is 104 cm³/mol. The fourth-order valence-corrected chi connectivity index (χ4v) is 2.76. The maximum Gasteiger partial charge on any atom is 0.227 e. The summed E-state index contributed by atoms with van der Waals surface area (Å²) in [5, 5.41) is 3.26. The van der Waals surface area contributed by atoms with Crippen LogP contribution in [0.5, 0.6) is 5.88 Å². The Labute approximate surface area is 157 Å². The van der Waals surface area contributed by atoms with E-state index >= 15 is 0 Å². The van der Waals surface area contributed by atoms with Gasteiger partial charge < -0.3 is 14.8 Å². The zero-order valence-electron chi connectivity index (χ0n) is 14.8. The number of ether oxygens (including phenoxy) is 2. The molecule has 3 heterocycles. The summed E-state index contributed by atoms with van der Waals surface area (Å²) in [5.74, 6) is 1.12. The Kier molecular flexibility index (Phi) is 5.36. The molecule has 1 aliphatic rings. The summed E-state index contributed by atoms with van der Waals surface area (Å²) >= 11 is 0. The summed E-state index contributed by atoms with van der Waals surface area (Å²) in [7, 11) is 0. The van der Waals surface area contributed by atoms with E-state index in [2.05, 4.69) is 26.3 Å². The highest BCUT2D eigenvalue weighted by atomic mass is 16.5. The van der Waals surface area contributed by atoms with E-state index in [0.29, 0.717) is 31.6 Å². The van der Waals surface area contributed by atoms with Crippen LogP contribution in [-0.4, -0.2) is 28.2 Å². The molecule has 1 aromatic carbocycles. The molecule has 0 amide bonds. The lowest BCUT2D eigenvalue weighted by atomic mass is 10.2. The molecule has 2 aromatic heterocycles. The lowest BCUT2D eigenvalue weighted by Crippen LogP contribution is -2.01. The Morgan fingerprint density at radius 1 is 0.963 bits per heavy atom. The average molecular weight is 360 g/mol. The van der Waals surface area contributed by atoms with Gasteiger partial charge in [0.2, 0.25) is 11.8 Å². The average Bonchev–Trinajstić information content (AvgIpc) is 2.70. The molecule has 6 nitrogen and oxygen atoms in total. The minimum Gasteiger partial charge on any atom is -0.477 e. The predicted octanol–water partition coefficient (Wildman–Crippen LogP) is 4.14. The van der Waals surface area contributed by atoms with Crippen LogP contribution in [0.15, 0.2) is 67.0 Å². The molecule has 0 saturated heterocycles. The molecule has 0 spiro atoms. The molecule has 6 heteroatoms. The van der Waals surface area contributed by atoms with Crippen LogP contribution < -0.4 is 10.1 Å². The topological polar surface area (TPSA) is 69.2 Å². The zero-order valence-corrected chi connectivity index (χ0v) is 14.8. The number of benzene rings is 1. The number of hydrogen-bond acceptors (Lipinski definition) is 6. The van der Waals surface area contributed by atoms with E-state index in [9.17, 15) is 0 Å². The maximum absolute atomic E-state index is 5.73. The molecule has 0 unspecified atom stereocenters. The standard InChI is InChI=1S/C21H20N4O2/c1-2-11-26-15-16-5-4-6-18(13-16)24-21-23-10-8-19(25-21)17-7-9-22-20(14-17)27-12-3-1/h1-2,4-10,13-14H,3,11-12,15H2,(H,23,24,25)/b2-1+. The van der Waals surface area contributed by atoms with Gasteiger partial charge >= 0.3 is 0 Å². The second-order valence-corrected chi connectivity index (χ2v) is 6.10. The van der Waals surface area contributed by atoms with E-state index < -0.39 is 0 Å². The lowest BCUT2D eigenvalue weighted by molar-refractivity contribution is 0.148. The van der Waals surface area contributed by atoms with Crippen molar-refractivity contribution in [2.45, 2.75) is 13.0 Å². The fraction of sp³-hybridized carbons (Fsp3) is 0.190. The SMILES string of the molecule is C1=C/COCc2cccc(c2)Nc2nccc(n2)-c2ccnc(c2)OCC/1. The number of hydrogen-bond donors (Lipinski definition) is 1. The highest BCUT2D eigenvalue weighted by Gasteiger charge is 2.06. The molecule has 0 aliphatic carbocycles. The van der Waals surface area contributed by atoms with Gasteiger partial charge in [-0.05, 0) is 36.2 Å². The van der Waals surface area contributed by atoms with Crippen LogP contribution >= 0.6 is 0 Å². The number of rotatable bonds is 0. The normalized spacial score (nSPS) is 15.6. The summed E-state index contributed by atoms with van der Waals surface area (Å²) in [4.78, 5) is 13.2. The van der Waals surface area contributed by atoms with Crippen molar-refractivity contribution in [2.24, 2.45) is 0 Å². The minimum absolute atomic E-state index is 0.536. The molecule has 6 bridgehead atoms. The van der Waals surface area contributed by atoms with Crippen molar-refractivity contribution in [1.29, 1.82) is 0 Å². The summed E-state index contributed by atoms with van der Waals surface area (Å²) in [5.41, 5.74) is 3.75. The molecule has 0 fully saturated rings. The van der Waals surface area contributed by atoms with Crippen LogP contribution in [0.2, 0.25) is 0 Å². The number of aromatic nitrogens is 3. The van der Waals surface area contributed by atoms with Gasteiger partial charge in [0.05, 0.1) is 25.5 Å². The molecule has 0 atom stereocenters. The molecule has 4 rings (SSSR count). The van der Waals surface area contributed by atoms with Crippen LogP contribution in [-0.2, 0) is 11.3 Å². The number of anilines is 2. The van der Waals surface area contributed by atoms with Gasteiger partial charge in [-0.2, -0.15) is 0 Å². The monoisotopic (exact) mass is 360 g/mol. The number of pyridine rings is 1. The van der Waals surface area contributed by atoms with Crippen molar-refractivity contribution in [3.63, 3.8) is 0 Å². The van der Waals surface area contributed by atoms with Gasteiger partial charge in [0.1, 0.15) is 0 Å². The molecule has 1 N–H and O–H groups in total. The quantitative estimate of drug-likeness (QED) is 0.608. The summed E-state index contributed by atoms with van der Waals surface area (Å²) < 4.78 is 11.4. The maximum atomic E-state index is 5.73. The van der Waals surface area contributed by atoms with E-state index in [1.54, 1.807) is 12.4 Å². The Morgan fingerprint density at radius 2 is 1.93 bits per heavy atom. The Bertz CT molecular complexity index is 943. The molecule has 27 heavy (non-hydrogen) atoms. The largest absolute Gasteiger partial charge is 0.477 e. The van der Waals surface area contributed by atoms with Crippen molar-refractivity contribution in [3.05, 3.63) is 72.6 Å². The van der Waals surface area contributed by atoms with E-state index in [-0.39, 0.29) is 0 Å². The molecule has 1 aliphatic heterocycles. The van der Waals surface area contributed by atoms with Crippen molar-refractivity contribution >= 4 is 11.6 Å². The summed E-state index contributed by atoms with van der Waals surface area (Å²) in [6.07, 6.45) is 8.33. The number of nitrogens with one attached hydrogen (secondary N) is 1. The minimum atomic E-state index is 0.536. The van der Waals surface area contributed by atoms with Gasteiger partial charge in [0, 0.05) is 29.7 Å². The molecular formula is C21H20N4O2. The first-order valence-corrected chi connectivity index (χ1v) is 8.88. The summed E-state index contributed by atoms with van der Waals surface area (Å²) in [6, 6.07) is 13.7. The van der Waals surface area contributed by atoms with Gasteiger partial charge in [0.25, 0.3) is 0 Å². The molecule has 136 valence electrons. The smallest absolute Gasteiger partial charge is 0.227 e. The second kappa shape index (κ2) is 8.42. The van der Waals surface area contributed by atoms with E-state index in [4.69, 9.17) is 9.47 Å². The first-order chi connectivity index (χ1) is 13.4. The molecule has 0 saturated carbocycles. The number of nitrogens with zero attached hydrogens (tertiary/aromatic N) is 3. The third-order valence-corrected chi connectivity index (χ3v) is 4.05. The fourth-order valence-electron chi connectivity index (χ4n) is 2.76. The molecular weight excluding hydrogens is 340 g/mol. The number of fused-ring (bicyclic) bond motifs is 7. The van der Waals surface area contributed by atoms with Crippen LogP contribution in [0.25, 0.3) is 11.3 Å². The Morgan fingerprint density at radius 3 is 2.93 bits per heavy atom. The van der Waals surface area contributed by atoms with Gasteiger partial charge in [-0.15, -0.1) is 0 Å². The van der Waals surface area contributed by atoms with Gasteiger partial charge in [-0.1, -0.05) is 24.3 Å². The molecule has 3 aromatic rings. The highest BCUT2D eigenvalue weighted by Crippen LogP contribution is 2.22. The van der Waals surface area contributed by atoms with Crippen LogP contribution in [0.1, 0.15) is 12.0 Å². The van der Waals surface area contributed by atoms with E-state index in [1.807, 2.05) is 48.5 Å². The first-order valence-electron chi connectivity index (χ1n) is 8.88. The third-order valence-electron chi connectivity index (χ3n) is 4.05. The van der Waals surface area contributed by atoms with E-state index in [0.717, 1.165) is 28.9 Å². The van der Waals surface area contributed by atoms with Crippen LogP contribution in [0.4, 0.5) is 11.6 Å². The van der Waals surface area contributed by atoms with Crippen LogP contribution in [0, 0.1) is 0 Å². The van der Waals surface area contributed by atoms with Crippen LogP contribution in [0.3, 0.4) is 0 Å². The third kappa shape index (κ3) is 4.68. The van der Waals surface area contributed by atoms with E-state index in [1.165, 1.54) is 0 Å².